The normalized spacial score (nSPS) is 16.4. The minimum Gasteiger partial charge on any atom is -0.477 e. The van der Waals surface area contributed by atoms with Gasteiger partial charge in [-0.1, -0.05) is 0 Å². The molecule has 0 bridgehead atoms. The van der Waals surface area contributed by atoms with Crippen molar-refractivity contribution < 1.29 is 23.4 Å². The number of hydrogen-bond donors (Lipinski definition) is 2. The van der Waals surface area contributed by atoms with Gasteiger partial charge in [-0.15, -0.1) is 0 Å². The van der Waals surface area contributed by atoms with Crippen LogP contribution in [-0.2, 0) is 10.0 Å². The predicted molar refractivity (Wildman–Crippen MR) is 75.8 cm³/mol. The average molecular weight is 316 g/mol. The van der Waals surface area contributed by atoms with E-state index in [9.17, 15) is 23.4 Å². The Labute approximate surface area is 123 Å². The number of carboxylic acid groups (broad SMARTS) is 1. The molecule has 0 radical (unpaired) electrons. The summed E-state index contributed by atoms with van der Waals surface area (Å²) in [6, 6.07) is 1.25. The molecule has 0 aromatic carbocycles. The highest BCUT2D eigenvalue weighted by atomic mass is 32.2. The van der Waals surface area contributed by atoms with E-state index in [1.807, 2.05) is 0 Å². The van der Waals surface area contributed by atoms with Crippen molar-refractivity contribution in [2.24, 2.45) is 0 Å². The van der Waals surface area contributed by atoms with E-state index in [1.54, 1.807) is 13.8 Å². The largest absolute Gasteiger partial charge is 0.477 e. The molecule has 0 unspecified atom stereocenters. The van der Waals surface area contributed by atoms with Crippen LogP contribution in [0.2, 0.25) is 0 Å². The molecule has 0 saturated heterocycles. The van der Waals surface area contributed by atoms with Crippen LogP contribution in [0.1, 0.15) is 43.2 Å². The molecular weight excluding hydrogens is 296 g/mol. The Morgan fingerprint density at radius 1 is 1.48 bits per heavy atom. The first-order valence-corrected chi connectivity index (χ1v) is 8.10. The number of hydrogen-bond acceptors (Lipinski definition) is 4. The molecule has 1 fully saturated rings. The van der Waals surface area contributed by atoms with Gasteiger partial charge in [0.15, 0.2) is 0 Å². The fourth-order valence-electron chi connectivity index (χ4n) is 2.00. The Kier molecular flexibility index (Phi) is 3.90. The third-order valence-corrected chi connectivity index (χ3v) is 5.91. The molecule has 2 N–H and O–H groups in total. The highest BCUT2D eigenvalue weighted by molar-refractivity contribution is 7.89. The minimum atomic E-state index is -3.86. The lowest BCUT2D eigenvalue weighted by Gasteiger charge is -2.32. The van der Waals surface area contributed by atoms with Crippen molar-refractivity contribution in [2.45, 2.75) is 43.2 Å². The molecule has 0 aliphatic heterocycles. The molecule has 21 heavy (non-hydrogen) atoms. The zero-order valence-electron chi connectivity index (χ0n) is 12.3. The summed E-state index contributed by atoms with van der Waals surface area (Å²) in [5.74, 6) is -1.15. The van der Waals surface area contributed by atoms with E-state index in [1.165, 1.54) is 23.9 Å². The molecule has 1 aliphatic carbocycles. The summed E-state index contributed by atoms with van der Waals surface area (Å²) < 4.78 is 27.7. The van der Waals surface area contributed by atoms with Gasteiger partial charge in [0, 0.05) is 19.3 Å². The van der Waals surface area contributed by atoms with Gasteiger partial charge < -0.3 is 14.8 Å². The molecule has 0 amide bonds. The van der Waals surface area contributed by atoms with Gasteiger partial charge in [-0.2, -0.15) is 4.31 Å². The summed E-state index contributed by atoms with van der Waals surface area (Å²) in [7, 11) is -2.49. The quantitative estimate of drug-likeness (QED) is 0.812. The zero-order chi connectivity index (χ0) is 16.0. The van der Waals surface area contributed by atoms with E-state index >= 15 is 0 Å². The van der Waals surface area contributed by atoms with Crippen LogP contribution in [0.25, 0.3) is 0 Å². The summed E-state index contributed by atoms with van der Waals surface area (Å²) in [4.78, 5) is 11.2. The lowest BCUT2D eigenvalue weighted by atomic mass is 10.1. The van der Waals surface area contributed by atoms with Crippen molar-refractivity contribution in [2.75, 3.05) is 13.7 Å². The predicted octanol–water partition coefficient (Wildman–Crippen LogP) is 0.913. The SMILES string of the molecule is CN(C(C)(C)CO)S(=O)(=O)c1cc(C(=O)O)n(C2CC2)c1. The zero-order valence-corrected chi connectivity index (χ0v) is 13.1. The molecule has 1 saturated carbocycles. The van der Waals surface area contributed by atoms with Gasteiger partial charge in [-0.05, 0) is 32.8 Å². The summed E-state index contributed by atoms with van der Waals surface area (Å²) in [5.41, 5.74) is -0.990. The first-order valence-electron chi connectivity index (χ1n) is 6.66. The minimum absolute atomic E-state index is 0.0220. The van der Waals surface area contributed by atoms with E-state index in [0.717, 1.165) is 17.1 Å². The van der Waals surface area contributed by atoms with Crippen LogP contribution < -0.4 is 0 Å². The lowest BCUT2D eigenvalue weighted by Crippen LogP contribution is -2.47. The van der Waals surface area contributed by atoms with Crippen LogP contribution in [0, 0.1) is 0 Å². The van der Waals surface area contributed by atoms with Gasteiger partial charge in [0.25, 0.3) is 0 Å². The van der Waals surface area contributed by atoms with Crippen molar-refractivity contribution in [3.8, 4) is 0 Å². The highest BCUT2D eigenvalue weighted by Crippen LogP contribution is 2.38. The van der Waals surface area contributed by atoms with Gasteiger partial charge in [-0.3, -0.25) is 0 Å². The van der Waals surface area contributed by atoms with Crippen molar-refractivity contribution in [3.63, 3.8) is 0 Å². The third kappa shape index (κ3) is 2.83. The molecule has 1 aromatic heterocycles. The Balaban J connectivity index is 2.46. The molecule has 8 heteroatoms. The molecule has 1 aromatic rings. The number of rotatable bonds is 6. The molecule has 1 aliphatic rings. The number of aromatic carboxylic acids is 1. The lowest BCUT2D eigenvalue weighted by molar-refractivity contribution is 0.0685. The maximum absolute atomic E-state index is 12.6. The third-order valence-electron chi connectivity index (χ3n) is 3.88. The second-order valence-electron chi connectivity index (χ2n) is 5.95. The smallest absolute Gasteiger partial charge is 0.352 e. The number of aliphatic hydroxyl groups excluding tert-OH is 1. The van der Waals surface area contributed by atoms with Gasteiger partial charge in [-0.25, -0.2) is 13.2 Å². The first-order chi connectivity index (χ1) is 9.61. The molecular formula is C13H20N2O5S. The number of likely N-dealkylation sites (N-methyl/N-ethyl adjacent to an activating group) is 1. The number of aliphatic hydroxyl groups is 1. The van der Waals surface area contributed by atoms with E-state index in [4.69, 9.17) is 0 Å². The summed E-state index contributed by atoms with van der Waals surface area (Å²) in [6.07, 6.45) is 3.08. The standard InChI is InChI=1S/C13H20N2O5S/c1-13(2,8-16)14(3)21(19,20)10-6-11(12(17)18)15(7-10)9-4-5-9/h6-7,9,16H,4-5,8H2,1-3H3,(H,17,18). The number of carbonyl (C=O) groups is 1. The topological polar surface area (TPSA) is 99.8 Å². The summed E-state index contributed by atoms with van der Waals surface area (Å²) in [5, 5.41) is 18.5. The maximum atomic E-state index is 12.6. The van der Waals surface area contributed by atoms with Crippen LogP contribution >= 0.6 is 0 Å². The van der Waals surface area contributed by atoms with Crippen molar-refractivity contribution in [1.29, 1.82) is 0 Å². The molecule has 7 nitrogen and oxygen atoms in total. The second-order valence-corrected chi connectivity index (χ2v) is 7.92. The molecule has 0 spiro atoms. The van der Waals surface area contributed by atoms with Crippen LogP contribution in [0.3, 0.4) is 0 Å². The van der Waals surface area contributed by atoms with Crippen LogP contribution in [0.5, 0.6) is 0 Å². The number of nitrogens with zero attached hydrogens (tertiary/aromatic N) is 2. The number of carboxylic acids is 1. The van der Waals surface area contributed by atoms with Crippen LogP contribution in [0.15, 0.2) is 17.2 Å². The Bertz CT molecular complexity index is 658. The number of sulfonamides is 1. The van der Waals surface area contributed by atoms with E-state index in [-0.39, 0.29) is 23.2 Å². The van der Waals surface area contributed by atoms with Gasteiger partial charge >= 0.3 is 5.97 Å². The Morgan fingerprint density at radius 2 is 2.05 bits per heavy atom. The summed E-state index contributed by atoms with van der Waals surface area (Å²) >= 11 is 0. The maximum Gasteiger partial charge on any atom is 0.352 e. The molecule has 0 atom stereocenters. The van der Waals surface area contributed by atoms with Gasteiger partial charge in [0.2, 0.25) is 10.0 Å². The van der Waals surface area contributed by atoms with Crippen molar-refractivity contribution >= 4 is 16.0 Å². The second kappa shape index (κ2) is 5.11. The number of aromatic nitrogens is 1. The monoisotopic (exact) mass is 316 g/mol. The Hall–Kier alpha value is -1.38. The van der Waals surface area contributed by atoms with Crippen molar-refractivity contribution in [3.05, 3.63) is 18.0 Å². The van der Waals surface area contributed by atoms with Crippen molar-refractivity contribution in [1.82, 2.24) is 8.87 Å². The van der Waals surface area contributed by atoms with Gasteiger partial charge in [0.05, 0.1) is 12.1 Å². The van der Waals surface area contributed by atoms with Crippen LogP contribution in [0.4, 0.5) is 0 Å². The Morgan fingerprint density at radius 3 is 2.48 bits per heavy atom. The van der Waals surface area contributed by atoms with E-state index < -0.39 is 21.5 Å². The highest BCUT2D eigenvalue weighted by Gasteiger charge is 2.36. The molecule has 2 rings (SSSR count). The van der Waals surface area contributed by atoms with E-state index in [2.05, 4.69) is 0 Å². The van der Waals surface area contributed by atoms with Gasteiger partial charge in [0.1, 0.15) is 10.6 Å². The van der Waals surface area contributed by atoms with E-state index in [0.29, 0.717) is 0 Å². The fourth-order valence-corrected chi connectivity index (χ4v) is 3.54. The molecule has 1 heterocycles. The summed E-state index contributed by atoms with van der Waals surface area (Å²) in [6.45, 7) is 2.86. The molecule has 118 valence electrons. The first kappa shape index (κ1) is 16.0. The average Bonchev–Trinajstić information content (AvgIpc) is 3.15. The fraction of sp³-hybridized carbons (Fsp3) is 0.615. The van der Waals surface area contributed by atoms with Crippen LogP contribution in [-0.4, -0.2) is 52.7 Å².